The second-order valence-corrected chi connectivity index (χ2v) is 6.73. The third kappa shape index (κ3) is 6.69. The Balaban J connectivity index is 3.78. The number of rotatable bonds is 10. The number of carbonyl (C=O) groups excluding carboxylic acids is 1. The summed E-state index contributed by atoms with van der Waals surface area (Å²) in [5, 5.41) is 11.0. The van der Waals surface area contributed by atoms with E-state index >= 15 is 0 Å². The van der Waals surface area contributed by atoms with Crippen molar-refractivity contribution in [2.45, 2.75) is 25.3 Å². The summed E-state index contributed by atoms with van der Waals surface area (Å²) in [6.07, 6.45) is 0.496. The number of hydrogen-bond acceptors (Lipinski definition) is 5. The van der Waals surface area contributed by atoms with Crippen molar-refractivity contribution >= 4 is 20.7 Å². The number of carbonyl (C=O) groups is 2. The first-order chi connectivity index (χ1) is 8.49. The summed E-state index contributed by atoms with van der Waals surface area (Å²) in [5.41, 5.74) is 0. The maximum absolute atomic E-state index is 11.2. The summed E-state index contributed by atoms with van der Waals surface area (Å²) < 4.78 is 15.7. The van der Waals surface area contributed by atoms with Crippen molar-refractivity contribution in [1.82, 2.24) is 5.32 Å². The Morgan fingerprint density at radius 3 is 2.11 bits per heavy atom. The van der Waals surface area contributed by atoms with Gasteiger partial charge < -0.3 is 23.7 Å². The lowest BCUT2D eigenvalue weighted by Gasteiger charge is -2.24. The van der Waals surface area contributed by atoms with Gasteiger partial charge in [0.25, 0.3) is 0 Å². The minimum atomic E-state index is -2.57. The number of carboxylic acids is 1. The first kappa shape index (κ1) is 17.0. The molecule has 106 valence electrons. The Kier molecular flexibility index (Phi) is 8.55. The zero-order chi connectivity index (χ0) is 14.0. The maximum Gasteiger partial charge on any atom is 0.500 e. The molecule has 0 aromatic carbocycles. The maximum atomic E-state index is 11.2. The second kappa shape index (κ2) is 9.03. The number of carboxylic acid groups (broad SMARTS) is 1. The highest BCUT2D eigenvalue weighted by Crippen LogP contribution is 2.14. The summed E-state index contributed by atoms with van der Waals surface area (Å²) in [4.78, 5) is 21.5. The van der Waals surface area contributed by atoms with Gasteiger partial charge in [-0.25, -0.2) is 0 Å². The highest BCUT2D eigenvalue weighted by atomic mass is 28.4. The van der Waals surface area contributed by atoms with Crippen molar-refractivity contribution < 1.29 is 28.0 Å². The first-order valence-corrected chi connectivity index (χ1v) is 7.57. The summed E-state index contributed by atoms with van der Waals surface area (Å²) in [6, 6.07) is 0.593. The Hall–Kier alpha value is -0.963. The zero-order valence-electron chi connectivity index (χ0n) is 11.0. The van der Waals surface area contributed by atoms with Crippen molar-refractivity contribution in [2.75, 3.05) is 27.9 Å². The standard InChI is InChI=1S/C10H21NO6Si/c1-15-18(16-2,17-3)8-4-7-11-9(12)5-6-10(13)14/h4-8H2,1-3H3,(H,11,12)(H,13,14). The Morgan fingerprint density at radius 2 is 1.67 bits per heavy atom. The van der Waals surface area contributed by atoms with Crippen LogP contribution in [-0.4, -0.2) is 53.7 Å². The van der Waals surface area contributed by atoms with Gasteiger partial charge >= 0.3 is 14.8 Å². The summed E-state index contributed by atoms with van der Waals surface area (Å²) in [5.74, 6) is -1.24. The van der Waals surface area contributed by atoms with Gasteiger partial charge in [-0.15, -0.1) is 0 Å². The molecule has 0 aliphatic rings. The normalized spacial score (nSPS) is 11.3. The van der Waals surface area contributed by atoms with Crippen LogP contribution in [0.2, 0.25) is 6.04 Å². The molecule has 0 rings (SSSR count). The largest absolute Gasteiger partial charge is 0.500 e. The number of nitrogens with one attached hydrogen (secondary N) is 1. The second-order valence-electron chi connectivity index (χ2n) is 3.64. The average Bonchev–Trinajstić information content (AvgIpc) is 2.37. The molecule has 0 aromatic rings. The van der Waals surface area contributed by atoms with Crippen LogP contribution in [0.15, 0.2) is 0 Å². The lowest BCUT2D eigenvalue weighted by Crippen LogP contribution is -2.43. The van der Waals surface area contributed by atoms with Crippen molar-refractivity contribution in [3.05, 3.63) is 0 Å². The van der Waals surface area contributed by atoms with Crippen LogP contribution in [0.5, 0.6) is 0 Å². The van der Waals surface area contributed by atoms with Crippen LogP contribution in [0, 0.1) is 0 Å². The SMILES string of the molecule is CO[Si](CCCNC(=O)CCC(=O)O)(OC)OC. The van der Waals surface area contributed by atoms with Gasteiger partial charge in [0.2, 0.25) is 5.91 Å². The first-order valence-electron chi connectivity index (χ1n) is 5.63. The number of amides is 1. The fourth-order valence-corrected chi connectivity index (χ4v) is 3.12. The monoisotopic (exact) mass is 279 g/mol. The molecule has 0 saturated carbocycles. The van der Waals surface area contributed by atoms with Crippen molar-refractivity contribution in [3.8, 4) is 0 Å². The zero-order valence-corrected chi connectivity index (χ0v) is 12.0. The molecule has 0 bridgehead atoms. The van der Waals surface area contributed by atoms with E-state index in [0.717, 1.165) is 0 Å². The third-order valence-corrected chi connectivity index (χ3v) is 5.31. The van der Waals surface area contributed by atoms with E-state index in [1.165, 1.54) is 21.3 Å². The molecule has 0 fully saturated rings. The quantitative estimate of drug-likeness (QED) is 0.439. The fourth-order valence-electron chi connectivity index (χ4n) is 1.40. The highest BCUT2D eigenvalue weighted by Gasteiger charge is 2.36. The molecule has 0 spiro atoms. The van der Waals surface area contributed by atoms with Crippen molar-refractivity contribution in [2.24, 2.45) is 0 Å². The van der Waals surface area contributed by atoms with E-state index in [0.29, 0.717) is 19.0 Å². The smallest absolute Gasteiger partial charge is 0.481 e. The van der Waals surface area contributed by atoms with Gasteiger partial charge in [0.05, 0.1) is 6.42 Å². The molecule has 1 amide bonds. The molecule has 0 aliphatic carbocycles. The molecule has 0 atom stereocenters. The van der Waals surface area contributed by atoms with Crippen molar-refractivity contribution in [3.63, 3.8) is 0 Å². The molecule has 0 aliphatic heterocycles. The van der Waals surface area contributed by atoms with Gasteiger partial charge in [0.15, 0.2) is 0 Å². The molecule has 2 N–H and O–H groups in total. The summed E-state index contributed by atoms with van der Waals surface area (Å²) in [7, 11) is 2.03. The third-order valence-electron chi connectivity index (χ3n) is 2.48. The molecule has 0 aromatic heterocycles. The lowest BCUT2D eigenvalue weighted by atomic mass is 10.3. The van der Waals surface area contributed by atoms with Crippen LogP contribution in [0.3, 0.4) is 0 Å². The highest BCUT2D eigenvalue weighted by molar-refractivity contribution is 6.60. The molecular weight excluding hydrogens is 258 g/mol. The average molecular weight is 279 g/mol. The molecule has 0 saturated heterocycles. The van der Waals surface area contributed by atoms with E-state index in [1.807, 2.05) is 0 Å². The van der Waals surface area contributed by atoms with Gasteiger partial charge in [-0.1, -0.05) is 0 Å². The van der Waals surface area contributed by atoms with E-state index < -0.39 is 14.8 Å². The Bertz CT molecular complexity index is 261. The van der Waals surface area contributed by atoms with Gasteiger partial charge in [-0.05, 0) is 6.42 Å². The molecule has 7 nitrogen and oxygen atoms in total. The van der Waals surface area contributed by atoms with E-state index in [2.05, 4.69) is 5.32 Å². The molecule has 0 radical (unpaired) electrons. The minimum absolute atomic E-state index is 0.00324. The van der Waals surface area contributed by atoms with Crippen LogP contribution < -0.4 is 5.32 Å². The number of hydrogen-bond donors (Lipinski definition) is 2. The van der Waals surface area contributed by atoms with Crippen LogP contribution in [0.1, 0.15) is 19.3 Å². The summed E-state index contributed by atoms with van der Waals surface area (Å²) >= 11 is 0. The molecule has 0 heterocycles. The topological polar surface area (TPSA) is 94.1 Å². The van der Waals surface area contributed by atoms with Gasteiger partial charge in [0.1, 0.15) is 0 Å². The predicted octanol–water partition coefficient (Wildman–Crippen LogP) is 0.236. The predicted molar refractivity (Wildman–Crippen MR) is 66.1 cm³/mol. The molecular formula is C10H21NO6Si. The minimum Gasteiger partial charge on any atom is -0.481 e. The molecule has 0 unspecified atom stereocenters. The van der Waals surface area contributed by atoms with Gasteiger partial charge in [-0.2, -0.15) is 0 Å². The van der Waals surface area contributed by atoms with E-state index in [9.17, 15) is 9.59 Å². The van der Waals surface area contributed by atoms with Crippen LogP contribution in [0.25, 0.3) is 0 Å². The Morgan fingerprint density at radius 1 is 1.11 bits per heavy atom. The molecule has 18 heavy (non-hydrogen) atoms. The molecule has 8 heteroatoms. The van der Waals surface area contributed by atoms with E-state index in [4.69, 9.17) is 18.4 Å². The van der Waals surface area contributed by atoms with E-state index in [1.54, 1.807) is 0 Å². The lowest BCUT2D eigenvalue weighted by molar-refractivity contribution is -0.138. The van der Waals surface area contributed by atoms with Crippen LogP contribution in [0.4, 0.5) is 0 Å². The number of aliphatic carboxylic acids is 1. The van der Waals surface area contributed by atoms with Gasteiger partial charge in [-0.3, -0.25) is 9.59 Å². The fraction of sp³-hybridized carbons (Fsp3) is 0.800. The van der Waals surface area contributed by atoms with Crippen LogP contribution >= 0.6 is 0 Å². The Labute approximate surface area is 108 Å². The van der Waals surface area contributed by atoms with Crippen LogP contribution in [-0.2, 0) is 22.9 Å². The van der Waals surface area contributed by atoms with Crippen molar-refractivity contribution in [1.29, 1.82) is 0 Å². The van der Waals surface area contributed by atoms with Gasteiger partial charge in [0, 0.05) is 40.3 Å². The van der Waals surface area contributed by atoms with E-state index in [-0.39, 0.29) is 18.7 Å². The summed E-state index contributed by atoms with van der Waals surface area (Å²) in [6.45, 7) is 0.448.